The Labute approximate surface area is 91.0 Å². The second-order valence-corrected chi connectivity index (χ2v) is 4.97. The van der Waals surface area contributed by atoms with E-state index in [1.54, 1.807) is 0 Å². The van der Waals surface area contributed by atoms with Gasteiger partial charge < -0.3 is 15.2 Å². The second kappa shape index (κ2) is 4.49. The van der Waals surface area contributed by atoms with Gasteiger partial charge in [-0.25, -0.2) is 0 Å². The predicted molar refractivity (Wildman–Crippen MR) is 57.4 cm³/mol. The predicted octanol–water partition coefficient (Wildman–Crippen LogP) is 0.687. The molecule has 4 nitrogen and oxygen atoms in total. The molecule has 0 aliphatic heterocycles. The van der Waals surface area contributed by atoms with Crippen LogP contribution in [0.2, 0.25) is 0 Å². The fraction of sp³-hybridized carbons (Fsp3) is 0.909. The molecule has 4 heteroatoms. The Bertz CT molecular complexity index is 240. The van der Waals surface area contributed by atoms with E-state index in [4.69, 9.17) is 0 Å². The van der Waals surface area contributed by atoms with Crippen molar-refractivity contribution in [2.24, 2.45) is 5.41 Å². The van der Waals surface area contributed by atoms with E-state index in [1.165, 1.54) is 7.11 Å². The van der Waals surface area contributed by atoms with E-state index in [1.807, 2.05) is 20.8 Å². The normalized spacial score (nSPS) is 30.5. The van der Waals surface area contributed by atoms with Crippen LogP contribution in [0.25, 0.3) is 0 Å². The molecule has 3 atom stereocenters. The van der Waals surface area contributed by atoms with Gasteiger partial charge in [0.25, 0.3) is 0 Å². The summed E-state index contributed by atoms with van der Waals surface area (Å²) in [7, 11) is 1.39. The smallest absolute Gasteiger partial charge is 0.307 e. The van der Waals surface area contributed by atoms with Crippen LogP contribution in [-0.2, 0) is 9.53 Å². The summed E-state index contributed by atoms with van der Waals surface area (Å²) in [4.78, 5) is 11.0. The standard InChI is InChI=1S/C11H21NO3/c1-7(5-10(14)15-4)12-8-6-9(13)11(8,2)3/h7-9,12-13H,5-6H2,1-4H3. The van der Waals surface area contributed by atoms with Gasteiger partial charge in [-0.05, 0) is 13.3 Å². The van der Waals surface area contributed by atoms with Crippen molar-refractivity contribution in [2.45, 2.75) is 51.8 Å². The number of rotatable bonds is 4. The van der Waals surface area contributed by atoms with Crippen molar-refractivity contribution in [3.05, 3.63) is 0 Å². The topological polar surface area (TPSA) is 58.6 Å². The first-order valence-electron chi connectivity index (χ1n) is 5.39. The lowest BCUT2D eigenvalue weighted by Gasteiger charge is -2.50. The first-order valence-corrected chi connectivity index (χ1v) is 5.39. The highest BCUT2D eigenvalue weighted by molar-refractivity contribution is 5.69. The fourth-order valence-electron chi connectivity index (χ4n) is 1.92. The number of ether oxygens (including phenoxy) is 1. The van der Waals surface area contributed by atoms with Crippen LogP contribution >= 0.6 is 0 Å². The van der Waals surface area contributed by atoms with Crippen LogP contribution in [0.3, 0.4) is 0 Å². The van der Waals surface area contributed by atoms with Gasteiger partial charge in [0.15, 0.2) is 0 Å². The van der Waals surface area contributed by atoms with Gasteiger partial charge in [0.05, 0.1) is 19.6 Å². The minimum atomic E-state index is -0.236. The van der Waals surface area contributed by atoms with E-state index in [2.05, 4.69) is 10.1 Å². The van der Waals surface area contributed by atoms with Crippen LogP contribution < -0.4 is 5.32 Å². The Kier molecular flexibility index (Phi) is 3.73. The van der Waals surface area contributed by atoms with Crippen LogP contribution in [0.15, 0.2) is 0 Å². The molecular formula is C11H21NO3. The monoisotopic (exact) mass is 215 g/mol. The molecule has 0 radical (unpaired) electrons. The number of carbonyl (C=O) groups excluding carboxylic acids is 1. The van der Waals surface area contributed by atoms with Crippen LogP contribution in [0, 0.1) is 5.41 Å². The summed E-state index contributed by atoms with van der Waals surface area (Å²) < 4.78 is 4.60. The van der Waals surface area contributed by atoms with Gasteiger partial charge in [-0.3, -0.25) is 4.79 Å². The molecule has 1 rings (SSSR count). The number of hydrogen-bond acceptors (Lipinski definition) is 4. The quantitative estimate of drug-likeness (QED) is 0.677. The number of carbonyl (C=O) groups is 1. The van der Waals surface area contributed by atoms with Crippen LogP contribution in [0.1, 0.15) is 33.6 Å². The van der Waals surface area contributed by atoms with Crippen molar-refractivity contribution in [3.8, 4) is 0 Å². The molecular weight excluding hydrogens is 194 g/mol. The summed E-state index contributed by atoms with van der Waals surface area (Å²) in [6, 6.07) is 0.376. The van der Waals surface area contributed by atoms with Gasteiger partial charge in [0.1, 0.15) is 0 Å². The van der Waals surface area contributed by atoms with Gasteiger partial charge in [-0.15, -0.1) is 0 Å². The number of esters is 1. The summed E-state index contributed by atoms with van der Waals surface area (Å²) >= 11 is 0. The largest absolute Gasteiger partial charge is 0.469 e. The van der Waals surface area contributed by atoms with Crippen molar-refractivity contribution in [1.82, 2.24) is 5.32 Å². The molecule has 0 spiro atoms. The van der Waals surface area contributed by atoms with E-state index in [9.17, 15) is 9.90 Å². The van der Waals surface area contributed by atoms with Gasteiger partial charge in [0, 0.05) is 17.5 Å². The summed E-state index contributed by atoms with van der Waals surface area (Å²) in [6.45, 7) is 6.02. The van der Waals surface area contributed by atoms with Crippen molar-refractivity contribution in [1.29, 1.82) is 0 Å². The van der Waals surface area contributed by atoms with E-state index < -0.39 is 0 Å². The minimum absolute atomic E-state index is 0.0919. The Morgan fingerprint density at radius 2 is 2.27 bits per heavy atom. The third-order valence-corrected chi connectivity index (χ3v) is 3.40. The van der Waals surface area contributed by atoms with Crippen LogP contribution in [0.5, 0.6) is 0 Å². The zero-order valence-electron chi connectivity index (χ0n) is 9.91. The molecule has 0 bridgehead atoms. The van der Waals surface area contributed by atoms with Crippen LogP contribution in [-0.4, -0.2) is 36.4 Å². The minimum Gasteiger partial charge on any atom is -0.469 e. The van der Waals surface area contributed by atoms with Crippen LogP contribution in [0.4, 0.5) is 0 Å². The van der Waals surface area contributed by atoms with E-state index >= 15 is 0 Å². The lowest BCUT2D eigenvalue weighted by atomic mass is 9.64. The maximum Gasteiger partial charge on any atom is 0.307 e. The summed E-state index contributed by atoms with van der Waals surface area (Å²) in [5.41, 5.74) is -0.0929. The van der Waals surface area contributed by atoms with Crippen molar-refractivity contribution in [3.63, 3.8) is 0 Å². The number of aliphatic hydroxyl groups excluding tert-OH is 1. The maximum atomic E-state index is 11.0. The van der Waals surface area contributed by atoms with E-state index in [0.29, 0.717) is 6.42 Å². The Morgan fingerprint density at radius 1 is 1.67 bits per heavy atom. The van der Waals surface area contributed by atoms with E-state index in [0.717, 1.165) is 6.42 Å². The highest BCUT2D eigenvalue weighted by atomic mass is 16.5. The van der Waals surface area contributed by atoms with E-state index in [-0.39, 0.29) is 29.6 Å². The average Bonchev–Trinajstić information content (AvgIpc) is 2.17. The Balaban J connectivity index is 2.34. The highest BCUT2D eigenvalue weighted by Gasteiger charge is 2.47. The highest BCUT2D eigenvalue weighted by Crippen LogP contribution is 2.40. The van der Waals surface area contributed by atoms with Gasteiger partial charge in [0.2, 0.25) is 0 Å². The zero-order chi connectivity index (χ0) is 11.6. The van der Waals surface area contributed by atoms with Crippen molar-refractivity contribution >= 4 is 5.97 Å². The molecule has 0 aromatic rings. The summed E-state index contributed by atoms with van der Waals surface area (Å²) in [6.07, 6.45) is 0.901. The van der Waals surface area contributed by atoms with Crippen molar-refractivity contribution < 1.29 is 14.6 Å². The number of aliphatic hydroxyl groups is 1. The molecule has 1 fully saturated rings. The maximum absolute atomic E-state index is 11.0. The SMILES string of the molecule is COC(=O)CC(C)NC1CC(O)C1(C)C. The molecule has 0 aromatic heterocycles. The molecule has 0 saturated heterocycles. The molecule has 15 heavy (non-hydrogen) atoms. The average molecular weight is 215 g/mol. The third kappa shape index (κ3) is 2.69. The first kappa shape index (κ1) is 12.5. The van der Waals surface area contributed by atoms with Gasteiger partial charge in [-0.2, -0.15) is 0 Å². The molecule has 1 aliphatic carbocycles. The number of nitrogens with one attached hydrogen (secondary N) is 1. The lowest BCUT2D eigenvalue weighted by molar-refractivity contribution is -0.141. The lowest BCUT2D eigenvalue weighted by Crippen LogP contribution is -2.61. The fourth-order valence-corrected chi connectivity index (χ4v) is 1.92. The molecule has 3 unspecified atom stereocenters. The second-order valence-electron chi connectivity index (χ2n) is 4.97. The molecule has 88 valence electrons. The molecule has 1 aliphatic rings. The molecule has 0 amide bonds. The third-order valence-electron chi connectivity index (χ3n) is 3.40. The number of methoxy groups -OCH3 is 1. The first-order chi connectivity index (χ1) is 6.87. The molecule has 1 saturated carbocycles. The number of hydrogen-bond donors (Lipinski definition) is 2. The molecule has 0 heterocycles. The molecule has 0 aromatic carbocycles. The Morgan fingerprint density at radius 3 is 2.67 bits per heavy atom. The summed E-state index contributed by atoms with van der Waals surface area (Å²) in [5, 5.41) is 12.9. The van der Waals surface area contributed by atoms with Gasteiger partial charge >= 0.3 is 5.97 Å². The Hall–Kier alpha value is -0.610. The zero-order valence-corrected chi connectivity index (χ0v) is 9.91. The molecule has 2 N–H and O–H groups in total. The summed E-state index contributed by atoms with van der Waals surface area (Å²) in [5.74, 6) is -0.201. The van der Waals surface area contributed by atoms with Gasteiger partial charge in [-0.1, -0.05) is 13.8 Å². The van der Waals surface area contributed by atoms with Crippen molar-refractivity contribution in [2.75, 3.05) is 7.11 Å².